The van der Waals surface area contributed by atoms with E-state index >= 15 is 0 Å². The molecule has 0 aliphatic carbocycles. The predicted molar refractivity (Wildman–Crippen MR) is 132 cm³/mol. The molecule has 6 heteroatoms. The molecule has 0 fully saturated rings. The van der Waals surface area contributed by atoms with Crippen LogP contribution in [0.4, 0.5) is 5.13 Å². The number of amides is 1. The fourth-order valence-electron chi connectivity index (χ4n) is 3.51. The number of rotatable bonds is 6. The van der Waals surface area contributed by atoms with Crippen molar-refractivity contribution in [2.24, 2.45) is 0 Å². The van der Waals surface area contributed by atoms with Crippen molar-refractivity contribution in [2.75, 3.05) is 4.90 Å². The van der Waals surface area contributed by atoms with Crippen LogP contribution in [0, 0.1) is 6.92 Å². The van der Waals surface area contributed by atoms with Gasteiger partial charge in [-0.25, -0.2) is 4.98 Å². The van der Waals surface area contributed by atoms with E-state index in [-0.39, 0.29) is 5.91 Å². The molecule has 2 aromatic heterocycles. The topological polar surface area (TPSA) is 55.3 Å². The van der Waals surface area contributed by atoms with Crippen LogP contribution in [0.5, 0.6) is 11.5 Å². The van der Waals surface area contributed by atoms with Gasteiger partial charge in [0, 0.05) is 18.0 Å². The maximum Gasteiger partial charge on any atom is 0.260 e. The van der Waals surface area contributed by atoms with Crippen molar-refractivity contribution in [1.82, 2.24) is 9.97 Å². The van der Waals surface area contributed by atoms with Gasteiger partial charge in [-0.2, -0.15) is 0 Å². The number of nitrogens with zero attached hydrogens (tertiary/aromatic N) is 3. The third-order valence-corrected chi connectivity index (χ3v) is 6.17. The maximum atomic E-state index is 13.7. The minimum Gasteiger partial charge on any atom is -0.457 e. The minimum atomic E-state index is -0.145. The number of hydrogen-bond acceptors (Lipinski definition) is 5. The fourth-order valence-corrected chi connectivity index (χ4v) is 4.57. The summed E-state index contributed by atoms with van der Waals surface area (Å²) in [5.41, 5.74) is 3.50. The summed E-state index contributed by atoms with van der Waals surface area (Å²) in [6.07, 6.45) is 3.49. The van der Waals surface area contributed by atoms with Gasteiger partial charge in [0.05, 0.1) is 16.8 Å². The highest BCUT2D eigenvalue weighted by Gasteiger charge is 2.22. The number of para-hydroxylation sites is 1. The van der Waals surface area contributed by atoms with E-state index in [9.17, 15) is 4.79 Å². The molecule has 0 saturated heterocycles. The summed E-state index contributed by atoms with van der Waals surface area (Å²) in [5.74, 6) is 1.18. The zero-order chi connectivity index (χ0) is 22.6. The lowest BCUT2D eigenvalue weighted by atomic mass is 10.1. The molecular weight excluding hydrogens is 430 g/mol. The lowest BCUT2D eigenvalue weighted by Crippen LogP contribution is -2.30. The molecule has 0 unspecified atom stereocenters. The Morgan fingerprint density at radius 2 is 1.79 bits per heavy atom. The van der Waals surface area contributed by atoms with Crippen molar-refractivity contribution in [2.45, 2.75) is 13.5 Å². The molecule has 0 aliphatic heterocycles. The van der Waals surface area contributed by atoms with Gasteiger partial charge in [0.25, 0.3) is 5.91 Å². The summed E-state index contributed by atoms with van der Waals surface area (Å²) < 4.78 is 6.99. The lowest BCUT2D eigenvalue weighted by molar-refractivity contribution is 0.0985. The van der Waals surface area contributed by atoms with Gasteiger partial charge in [0.1, 0.15) is 11.5 Å². The zero-order valence-electron chi connectivity index (χ0n) is 18.0. The standard InChI is InChI=1S/C27H21N3O2S/c1-19-12-13-24-25(15-19)33-27(29-24)30(18-20-7-6-14-28-17-20)26(31)21-8-5-11-23(16-21)32-22-9-3-2-4-10-22/h2-17H,18H2,1H3. The second kappa shape index (κ2) is 9.22. The van der Waals surface area contributed by atoms with Gasteiger partial charge in [-0.15, -0.1) is 0 Å². The lowest BCUT2D eigenvalue weighted by Gasteiger charge is -2.20. The predicted octanol–water partition coefficient (Wildman–Crippen LogP) is 6.64. The van der Waals surface area contributed by atoms with E-state index < -0.39 is 0 Å². The molecule has 0 N–H and O–H groups in total. The smallest absolute Gasteiger partial charge is 0.260 e. The number of pyridine rings is 1. The molecule has 0 aliphatic rings. The van der Waals surface area contributed by atoms with E-state index in [1.807, 2.05) is 66.7 Å². The van der Waals surface area contributed by atoms with E-state index in [0.717, 1.165) is 27.1 Å². The molecule has 162 valence electrons. The molecule has 0 saturated carbocycles. The molecule has 1 amide bonds. The number of fused-ring (bicyclic) bond motifs is 1. The number of aryl methyl sites for hydroxylation is 1. The number of thiazole rings is 1. The van der Waals surface area contributed by atoms with Crippen LogP contribution in [0.3, 0.4) is 0 Å². The van der Waals surface area contributed by atoms with Crippen LogP contribution in [0.25, 0.3) is 10.2 Å². The Kier molecular flexibility index (Phi) is 5.83. The normalized spacial score (nSPS) is 10.8. The molecule has 0 spiro atoms. The van der Waals surface area contributed by atoms with Crippen LogP contribution in [-0.2, 0) is 6.54 Å². The highest BCUT2D eigenvalue weighted by molar-refractivity contribution is 7.22. The number of aromatic nitrogens is 2. The highest BCUT2D eigenvalue weighted by atomic mass is 32.1. The minimum absolute atomic E-state index is 0.145. The third kappa shape index (κ3) is 4.76. The van der Waals surface area contributed by atoms with Crippen LogP contribution in [-0.4, -0.2) is 15.9 Å². The Hall–Kier alpha value is -4.03. The fraction of sp³-hybridized carbons (Fsp3) is 0.0741. The van der Waals surface area contributed by atoms with Gasteiger partial charge in [-0.3, -0.25) is 14.7 Å². The first-order valence-electron chi connectivity index (χ1n) is 10.6. The number of ether oxygens (including phenoxy) is 1. The number of benzene rings is 3. The highest BCUT2D eigenvalue weighted by Crippen LogP contribution is 2.32. The van der Waals surface area contributed by atoms with Gasteiger partial charge in [-0.1, -0.05) is 47.7 Å². The summed E-state index contributed by atoms with van der Waals surface area (Å²) in [4.78, 5) is 24.4. The average Bonchev–Trinajstić information content (AvgIpc) is 3.26. The number of anilines is 1. The average molecular weight is 452 g/mol. The Bertz CT molecular complexity index is 1400. The Balaban J connectivity index is 1.50. The maximum absolute atomic E-state index is 13.7. The van der Waals surface area contributed by atoms with Crippen molar-refractivity contribution in [3.8, 4) is 11.5 Å². The molecule has 5 rings (SSSR count). The third-order valence-electron chi connectivity index (χ3n) is 5.13. The first-order chi connectivity index (χ1) is 16.2. The van der Waals surface area contributed by atoms with E-state index in [0.29, 0.717) is 23.0 Å². The van der Waals surface area contributed by atoms with Gasteiger partial charge >= 0.3 is 0 Å². The van der Waals surface area contributed by atoms with Crippen molar-refractivity contribution >= 4 is 32.6 Å². The first-order valence-corrected chi connectivity index (χ1v) is 11.4. The second-order valence-electron chi connectivity index (χ2n) is 7.66. The number of carbonyl (C=O) groups excluding carboxylic acids is 1. The van der Waals surface area contributed by atoms with Gasteiger partial charge in [-0.05, 0) is 66.6 Å². The van der Waals surface area contributed by atoms with Crippen molar-refractivity contribution < 1.29 is 9.53 Å². The van der Waals surface area contributed by atoms with Gasteiger partial charge in [0.2, 0.25) is 0 Å². The van der Waals surface area contributed by atoms with Gasteiger partial charge < -0.3 is 4.74 Å². The Morgan fingerprint density at radius 1 is 0.939 bits per heavy atom. The van der Waals surface area contributed by atoms with Crippen LogP contribution in [0.2, 0.25) is 0 Å². The Morgan fingerprint density at radius 3 is 2.61 bits per heavy atom. The van der Waals surface area contributed by atoms with Gasteiger partial charge in [0.15, 0.2) is 5.13 Å². The van der Waals surface area contributed by atoms with Crippen molar-refractivity contribution in [3.05, 3.63) is 114 Å². The number of hydrogen-bond donors (Lipinski definition) is 0. The SMILES string of the molecule is Cc1ccc2nc(N(Cc3cccnc3)C(=O)c3cccc(Oc4ccccc4)c3)sc2c1. The molecular formula is C27H21N3O2S. The summed E-state index contributed by atoms with van der Waals surface area (Å²) in [6, 6.07) is 26.7. The molecule has 2 heterocycles. The molecule has 0 atom stereocenters. The molecule has 33 heavy (non-hydrogen) atoms. The van der Waals surface area contributed by atoms with Crippen molar-refractivity contribution in [1.29, 1.82) is 0 Å². The monoisotopic (exact) mass is 451 g/mol. The molecule has 5 aromatic rings. The second-order valence-corrected chi connectivity index (χ2v) is 8.67. The number of carbonyl (C=O) groups is 1. The van der Waals surface area contributed by atoms with Crippen LogP contribution >= 0.6 is 11.3 Å². The van der Waals surface area contributed by atoms with E-state index in [4.69, 9.17) is 9.72 Å². The van der Waals surface area contributed by atoms with Crippen LogP contribution < -0.4 is 9.64 Å². The molecule has 0 radical (unpaired) electrons. The van der Waals surface area contributed by atoms with Crippen LogP contribution in [0.1, 0.15) is 21.5 Å². The molecule has 0 bridgehead atoms. The van der Waals surface area contributed by atoms with Crippen LogP contribution in [0.15, 0.2) is 97.3 Å². The first kappa shape index (κ1) is 20.8. The Labute approximate surface area is 195 Å². The summed E-state index contributed by atoms with van der Waals surface area (Å²) in [7, 11) is 0. The van der Waals surface area contributed by atoms with E-state index in [1.165, 1.54) is 11.3 Å². The molecule has 5 nitrogen and oxygen atoms in total. The quantitative estimate of drug-likeness (QED) is 0.290. The van der Waals surface area contributed by atoms with Crippen molar-refractivity contribution in [3.63, 3.8) is 0 Å². The zero-order valence-corrected chi connectivity index (χ0v) is 18.8. The largest absolute Gasteiger partial charge is 0.457 e. The summed E-state index contributed by atoms with van der Waals surface area (Å²) >= 11 is 1.51. The summed E-state index contributed by atoms with van der Waals surface area (Å²) in [6.45, 7) is 2.42. The summed E-state index contributed by atoms with van der Waals surface area (Å²) in [5, 5.41) is 0.652. The van der Waals surface area contributed by atoms with E-state index in [1.54, 1.807) is 29.4 Å². The molecule has 3 aromatic carbocycles. The van der Waals surface area contributed by atoms with E-state index in [2.05, 4.69) is 18.0 Å².